The molecule has 12 heteroatoms. The second-order valence-corrected chi connectivity index (χ2v) is 7.64. The maximum Gasteiger partial charge on any atom is 0.439 e. The molecule has 1 amide bonds. The number of halogens is 6. The van der Waals surface area contributed by atoms with Crippen LogP contribution in [0.3, 0.4) is 0 Å². The Balaban J connectivity index is 2.67. The quantitative estimate of drug-likeness (QED) is 0.301. The molecular formula is C17H20F6N2O3S. The second kappa shape index (κ2) is 8.41. The van der Waals surface area contributed by atoms with Crippen LogP contribution in [0.25, 0.3) is 0 Å². The van der Waals surface area contributed by atoms with Crippen LogP contribution in [0.4, 0.5) is 31.3 Å². The number of hydrogen-bond donors (Lipinski definition) is 2. The monoisotopic (exact) mass is 446 g/mol. The number of rotatable bonds is 5. The van der Waals surface area contributed by atoms with Crippen LogP contribution in [0.1, 0.15) is 53.4 Å². The fourth-order valence-corrected chi connectivity index (χ4v) is 4.42. The van der Waals surface area contributed by atoms with Crippen molar-refractivity contribution in [1.82, 2.24) is 5.32 Å². The van der Waals surface area contributed by atoms with Gasteiger partial charge in [0.25, 0.3) is 0 Å². The minimum absolute atomic E-state index is 0.338. The van der Waals surface area contributed by atoms with Crippen molar-refractivity contribution in [1.29, 1.82) is 0 Å². The number of carbonyl (C=O) groups excluding carboxylic acids is 2. The Hall–Kier alpha value is -1.98. The molecule has 1 aliphatic rings. The largest absolute Gasteiger partial charge is 0.465 e. The molecule has 1 aromatic rings. The molecule has 1 aliphatic carbocycles. The van der Waals surface area contributed by atoms with Gasteiger partial charge in [0.1, 0.15) is 5.00 Å². The molecule has 0 aliphatic heterocycles. The summed E-state index contributed by atoms with van der Waals surface area (Å²) in [6.45, 7) is 1.13. The number of hydrogen-bond acceptors (Lipinski definition) is 5. The van der Waals surface area contributed by atoms with E-state index in [2.05, 4.69) is 4.74 Å². The zero-order valence-corrected chi connectivity index (χ0v) is 16.5. The van der Waals surface area contributed by atoms with Gasteiger partial charge in [-0.1, -0.05) is 13.3 Å². The zero-order chi connectivity index (χ0) is 22.0. The summed E-state index contributed by atoms with van der Waals surface area (Å²) in [6.07, 6.45) is -9.54. The molecule has 1 heterocycles. The molecule has 1 aromatic heterocycles. The predicted molar refractivity (Wildman–Crippen MR) is 93.8 cm³/mol. The van der Waals surface area contributed by atoms with Crippen LogP contribution in [-0.2, 0) is 22.4 Å². The molecule has 0 atom stereocenters. The maximum atomic E-state index is 13.7. The third-order valence-electron chi connectivity index (χ3n) is 4.61. The van der Waals surface area contributed by atoms with Crippen LogP contribution in [-0.4, -0.2) is 37.0 Å². The van der Waals surface area contributed by atoms with Crippen molar-refractivity contribution < 1.29 is 40.7 Å². The van der Waals surface area contributed by atoms with Crippen molar-refractivity contribution in [3.05, 3.63) is 16.0 Å². The van der Waals surface area contributed by atoms with Gasteiger partial charge < -0.3 is 15.4 Å². The topological polar surface area (TPSA) is 67.4 Å². The van der Waals surface area contributed by atoms with Gasteiger partial charge in [0, 0.05) is 11.3 Å². The van der Waals surface area contributed by atoms with Crippen LogP contribution in [0.15, 0.2) is 0 Å². The molecule has 0 spiro atoms. The highest BCUT2D eigenvalue weighted by Gasteiger charge is 2.73. The van der Waals surface area contributed by atoms with Crippen LogP contribution in [0, 0.1) is 0 Å². The summed E-state index contributed by atoms with van der Waals surface area (Å²) in [6, 6.07) is 0. The van der Waals surface area contributed by atoms with Gasteiger partial charge in [0.05, 0.1) is 12.7 Å². The molecule has 29 heavy (non-hydrogen) atoms. The van der Waals surface area contributed by atoms with E-state index >= 15 is 0 Å². The average molecular weight is 446 g/mol. The standard InChI is InChI=1S/C17H20F6N2O3S/c1-3-11(26)24-15(16(18,19)20,17(21,22)23)25-13-12(14(27)28-2)9-7-5-4-6-8-10(9)29-13/h25H,3-8H2,1-2H3,(H,24,26). The number of fused-ring (bicyclic) bond motifs is 1. The first-order chi connectivity index (χ1) is 13.4. The number of amides is 1. The number of esters is 1. The molecule has 0 saturated carbocycles. The Labute approximate surface area is 166 Å². The van der Waals surface area contributed by atoms with Gasteiger partial charge in [-0.25, -0.2) is 4.79 Å². The molecule has 0 bridgehead atoms. The highest BCUT2D eigenvalue weighted by molar-refractivity contribution is 7.16. The Bertz CT molecular complexity index is 758. The van der Waals surface area contributed by atoms with Gasteiger partial charge in [-0.2, -0.15) is 26.3 Å². The van der Waals surface area contributed by atoms with E-state index in [0.717, 1.165) is 25.8 Å². The number of thiophene rings is 1. The smallest absolute Gasteiger partial charge is 0.439 e. The van der Waals surface area contributed by atoms with Crippen molar-refractivity contribution >= 4 is 28.2 Å². The molecule has 2 rings (SSSR count). The van der Waals surface area contributed by atoms with Crippen molar-refractivity contribution in [2.75, 3.05) is 12.4 Å². The summed E-state index contributed by atoms with van der Waals surface area (Å²) < 4.78 is 86.9. The normalized spacial score (nSPS) is 15.3. The van der Waals surface area contributed by atoms with Gasteiger partial charge in [-0.3, -0.25) is 4.79 Å². The van der Waals surface area contributed by atoms with Crippen LogP contribution < -0.4 is 10.6 Å². The molecule has 164 valence electrons. The lowest BCUT2D eigenvalue weighted by Gasteiger charge is -2.38. The summed E-state index contributed by atoms with van der Waals surface area (Å²) in [5, 5.41) is 1.85. The van der Waals surface area contributed by atoms with Crippen LogP contribution in [0.2, 0.25) is 0 Å². The first kappa shape index (κ1) is 23.3. The molecule has 0 unspecified atom stereocenters. The highest BCUT2D eigenvalue weighted by Crippen LogP contribution is 2.47. The summed E-state index contributed by atoms with van der Waals surface area (Å²) in [5.74, 6) is -2.49. The number of anilines is 1. The number of ether oxygens (including phenoxy) is 1. The number of carbonyl (C=O) groups is 2. The van der Waals surface area contributed by atoms with Gasteiger partial charge in [0.15, 0.2) is 0 Å². The lowest BCUT2D eigenvalue weighted by molar-refractivity contribution is -0.295. The van der Waals surface area contributed by atoms with Crippen molar-refractivity contribution in [3.8, 4) is 0 Å². The molecule has 2 N–H and O–H groups in total. The first-order valence-electron chi connectivity index (χ1n) is 8.83. The van der Waals surface area contributed by atoms with Gasteiger partial charge >= 0.3 is 24.0 Å². The van der Waals surface area contributed by atoms with Crippen LogP contribution in [0.5, 0.6) is 0 Å². The van der Waals surface area contributed by atoms with E-state index < -0.39 is 41.3 Å². The minimum Gasteiger partial charge on any atom is -0.465 e. The lowest BCUT2D eigenvalue weighted by Crippen LogP contribution is -2.72. The predicted octanol–water partition coefficient (Wildman–Crippen LogP) is 4.56. The molecule has 5 nitrogen and oxygen atoms in total. The van der Waals surface area contributed by atoms with Gasteiger partial charge in [-0.15, -0.1) is 11.3 Å². The third-order valence-corrected chi connectivity index (χ3v) is 5.82. The summed E-state index contributed by atoms with van der Waals surface area (Å²) in [4.78, 5) is 24.4. The lowest BCUT2D eigenvalue weighted by atomic mass is 10.0. The summed E-state index contributed by atoms with van der Waals surface area (Å²) >= 11 is 0.650. The van der Waals surface area contributed by atoms with E-state index in [1.165, 1.54) is 5.32 Å². The summed E-state index contributed by atoms with van der Waals surface area (Å²) in [5.41, 5.74) is -4.71. The molecule has 0 fully saturated rings. The van der Waals surface area contributed by atoms with Gasteiger partial charge in [0.2, 0.25) is 5.91 Å². The van der Waals surface area contributed by atoms with E-state index in [4.69, 9.17) is 0 Å². The zero-order valence-electron chi connectivity index (χ0n) is 15.6. The number of methoxy groups -OCH3 is 1. The number of aryl methyl sites for hydroxylation is 1. The van der Waals surface area contributed by atoms with Crippen LogP contribution >= 0.6 is 11.3 Å². The molecular weight excluding hydrogens is 426 g/mol. The van der Waals surface area contributed by atoms with Crippen molar-refractivity contribution in [2.45, 2.75) is 63.5 Å². The van der Waals surface area contributed by atoms with Crippen molar-refractivity contribution in [2.24, 2.45) is 0 Å². The SMILES string of the molecule is CCC(=O)NC(Nc1sc2c(c1C(=O)OC)CCCCC2)(C(F)(F)F)C(F)(F)F. The van der Waals surface area contributed by atoms with E-state index in [1.54, 1.807) is 0 Å². The van der Waals surface area contributed by atoms with Crippen molar-refractivity contribution in [3.63, 3.8) is 0 Å². The Morgan fingerprint density at radius 1 is 1.03 bits per heavy atom. The third kappa shape index (κ3) is 4.46. The Morgan fingerprint density at radius 2 is 1.62 bits per heavy atom. The molecule has 0 aromatic carbocycles. The maximum absolute atomic E-state index is 13.7. The minimum atomic E-state index is -5.94. The first-order valence-corrected chi connectivity index (χ1v) is 9.65. The summed E-state index contributed by atoms with van der Waals surface area (Å²) in [7, 11) is 0.993. The highest BCUT2D eigenvalue weighted by atomic mass is 32.1. The second-order valence-electron chi connectivity index (χ2n) is 6.53. The fourth-order valence-electron chi connectivity index (χ4n) is 3.09. The van der Waals surface area contributed by atoms with E-state index in [9.17, 15) is 35.9 Å². The molecule has 0 saturated heterocycles. The number of nitrogens with one attached hydrogen (secondary N) is 2. The Kier molecular flexibility index (Phi) is 6.75. The average Bonchev–Trinajstić information content (AvgIpc) is 2.79. The van der Waals surface area contributed by atoms with E-state index in [0.29, 0.717) is 47.5 Å². The van der Waals surface area contributed by atoms with Gasteiger partial charge in [-0.05, 0) is 31.2 Å². The molecule has 0 radical (unpaired) electrons. The number of alkyl halides is 6. The fraction of sp³-hybridized carbons (Fsp3) is 0.647. The van der Waals surface area contributed by atoms with E-state index in [1.807, 2.05) is 0 Å². The van der Waals surface area contributed by atoms with E-state index in [-0.39, 0.29) is 5.56 Å². The Morgan fingerprint density at radius 3 is 2.14 bits per heavy atom.